The minimum Gasteiger partial charge on any atom is -0.207 e. The van der Waals surface area contributed by atoms with Crippen LogP contribution in [0.25, 0.3) is 22.3 Å². The fraction of sp³-hybridized carbons (Fsp3) is 0.182. The third kappa shape index (κ3) is 3.53. The molecule has 0 amide bonds. The van der Waals surface area contributed by atoms with Crippen LogP contribution in [0.4, 0.5) is 8.78 Å². The third-order valence-electron chi connectivity index (χ3n) is 4.21. The number of rotatable bonds is 5. The average molecular weight is 322 g/mol. The Kier molecular flexibility index (Phi) is 5.05. The fourth-order valence-corrected chi connectivity index (χ4v) is 2.92. The summed E-state index contributed by atoms with van der Waals surface area (Å²) in [6.07, 6.45) is 2.97. The SMILES string of the molecule is CCCCc1ccc(-c2cc(F)ccc2-c2ccccc2)c(F)c1. The van der Waals surface area contributed by atoms with Crippen LogP contribution in [0.15, 0.2) is 66.7 Å². The molecule has 0 saturated heterocycles. The molecule has 0 heterocycles. The van der Waals surface area contributed by atoms with Crippen molar-refractivity contribution in [1.82, 2.24) is 0 Å². The maximum absolute atomic E-state index is 14.7. The van der Waals surface area contributed by atoms with E-state index in [0.717, 1.165) is 36.0 Å². The van der Waals surface area contributed by atoms with Crippen molar-refractivity contribution in [3.05, 3.63) is 83.9 Å². The molecule has 0 nitrogen and oxygen atoms in total. The van der Waals surface area contributed by atoms with Gasteiger partial charge in [-0.1, -0.05) is 61.9 Å². The van der Waals surface area contributed by atoms with Gasteiger partial charge in [0, 0.05) is 5.56 Å². The normalized spacial score (nSPS) is 10.8. The zero-order valence-corrected chi connectivity index (χ0v) is 13.7. The lowest BCUT2D eigenvalue weighted by Gasteiger charge is -2.12. The third-order valence-corrected chi connectivity index (χ3v) is 4.21. The molecular formula is C22H20F2. The molecule has 0 N–H and O–H groups in total. The predicted molar refractivity (Wildman–Crippen MR) is 95.8 cm³/mol. The van der Waals surface area contributed by atoms with Crippen LogP contribution in [0.3, 0.4) is 0 Å². The van der Waals surface area contributed by atoms with Crippen LogP contribution in [0.5, 0.6) is 0 Å². The van der Waals surface area contributed by atoms with Crippen molar-refractivity contribution in [2.24, 2.45) is 0 Å². The second-order valence-corrected chi connectivity index (χ2v) is 5.97. The van der Waals surface area contributed by atoms with Crippen molar-refractivity contribution < 1.29 is 8.78 Å². The van der Waals surface area contributed by atoms with Crippen LogP contribution < -0.4 is 0 Å². The first-order valence-corrected chi connectivity index (χ1v) is 8.33. The first-order valence-electron chi connectivity index (χ1n) is 8.33. The average Bonchev–Trinajstić information content (AvgIpc) is 2.61. The molecule has 122 valence electrons. The molecule has 0 aliphatic heterocycles. The standard InChI is InChI=1S/C22H20F2/c1-2-3-7-16-10-12-20(22(24)14-16)21-15-18(23)11-13-19(21)17-8-5-4-6-9-17/h4-6,8-15H,2-3,7H2,1H3. The maximum atomic E-state index is 14.7. The first-order chi connectivity index (χ1) is 11.7. The number of benzene rings is 3. The van der Waals surface area contributed by atoms with Gasteiger partial charge < -0.3 is 0 Å². The highest BCUT2D eigenvalue weighted by molar-refractivity contribution is 5.83. The zero-order chi connectivity index (χ0) is 16.9. The van der Waals surface area contributed by atoms with E-state index in [9.17, 15) is 8.78 Å². The van der Waals surface area contributed by atoms with Crippen LogP contribution in [-0.2, 0) is 6.42 Å². The van der Waals surface area contributed by atoms with Gasteiger partial charge in [0.05, 0.1) is 0 Å². The van der Waals surface area contributed by atoms with Gasteiger partial charge in [0.2, 0.25) is 0 Å². The van der Waals surface area contributed by atoms with Gasteiger partial charge in [0.15, 0.2) is 0 Å². The molecule has 0 aromatic heterocycles. The van der Waals surface area contributed by atoms with E-state index < -0.39 is 0 Å². The van der Waals surface area contributed by atoms with E-state index in [1.54, 1.807) is 18.2 Å². The summed E-state index contributed by atoms with van der Waals surface area (Å²) in [7, 11) is 0. The Balaban J connectivity index is 2.07. The lowest BCUT2D eigenvalue weighted by Crippen LogP contribution is -1.93. The van der Waals surface area contributed by atoms with Gasteiger partial charge in [-0.15, -0.1) is 0 Å². The Morgan fingerprint density at radius 3 is 2.21 bits per heavy atom. The van der Waals surface area contributed by atoms with E-state index in [0.29, 0.717) is 11.1 Å². The monoisotopic (exact) mass is 322 g/mol. The second kappa shape index (κ2) is 7.39. The zero-order valence-electron chi connectivity index (χ0n) is 13.7. The summed E-state index contributed by atoms with van der Waals surface area (Å²) in [5.41, 5.74) is 3.78. The van der Waals surface area contributed by atoms with E-state index in [4.69, 9.17) is 0 Å². The molecule has 0 atom stereocenters. The number of unbranched alkanes of at least 4 members (excludes halogenated alkanes) is 1. The van der Waals surface area contributed by atoms with Crippen molar-refractivity contribution in [2.45, 2.75) is 26.2 Å². The summed E-state index contributed by atoms with van der Waals surface area (Å²) in [4.78, 5) is 0. The van der Waals surface area contributed by atoms with Gasteiger partial charge in [-0.3, -0.25) is 0 Å². The summed E-state index contributed by atoms with van der Waals surface area (Å²) in [5.74, 6) is -0.662. The van der Waals surface area contributed by atoms with Crippen LogP contribution in [0.2, 0.25) is 0 Å². The Morgan fingerprint density at radius 2 is 1.50 bits per heavy atom. The quantitative estimate of drug-likeness (QED) is 0.494. The molecule has 0 saturated carbocycles. The minimum absolute atomic E-state index is 0.300. The first kappa shape index (κ1) is 16.4. The molecule has 3 aromatic rings. The van der Waals surface area contributed by atoms with Crippen molar-refractivity contribution in [2.75, 3.05) is 0 Å². The highest BCUT2D eigenvalue weighted by Gasteiger charge is 2.13. The predicted octanol–water partition coefficient (Wildman–Crippen LogP) is 6.64. The van der Waals surface area contributed by atoms with E-state index in [2.05, 4.69) is 6.92 Å². The second-order valence-electron chi connectivity index (χ2n) is 5.97. The van der Waals surface area contributed by atoms with Crippen LogP contribution in [-0.4, -0.2) is 0 Å². The summed E-state index contributed by atoms with van der Waals surface area (Å²) in [5, 5.41) is 0. The van der Waals surface area contributed by atoms with E-state index in [1.807, 2.05) is 36.4 Å². The highest BCUT2D eigenvalue weighted by Crippen LogP contribution is 2.34. The number of hydrogen-bond donors (Lipinski definition) is 0. The molecule has 0 aliphatic rings. The summed E-state index contributed by atoms with van der Waals surface area (Å²) in [6.45, 7) is 2.11. The van der Waals surface area contributed by atoms with Gasteiger partial charge in [-0.05, 0) is 53.3 Å². The highest BCUT2D eigenvalue weighted by atomic mass is 19.1. The van der Waals surface area contributed by atoms with Crippen LogP contribution in [0, 0.1) is 11.6 Å². The largest absolute Gasteiger partial charge is 0.207 e. The Morgan fingerprint density at radius 1 is 0.750 bits per heavy atom. The van der Waals surface area contributed by atoms with Crippen molar-refractivity contribution >= 4 is 0 Å². The number of halogens is 2. The Hall–Kier alpha value is -2.48. The van der Waals surface area contributed by atoms with Gasteiger partial charge >= 0.3 is 0 Å². The molecule has 2 heteroatoms. The van der Waals surface area contributed by atoms with E-state index in [-0.39, 0.29) is 11.6 Å². The summed E-state index contributed by atoms with van der Waals surface area (Å²) in [6, 6.07) is 19.5. The molecule has 0 spiro atoms. The fourth-order valence-electron chi connectivity index (χ4n) is 2.92. The number of aryl methyl sites for hydroxylation is 1. The minimum atomic E-state index is -0.362. The smallest absolute Gasteiger partial charge is 0.131 e. The molecular weight excluding hydrogens is 302 g/mol. The van der Waals surface area contributed by atoms with E-state index in [1.165, 1.54) is 12.1 Å². The molecule has 0 bridgehead atoms. The van der Waals surface area contributed by atoms with Crippen molar-refractivity contribution in [3.63, 3.8) is 0 Å². The summed E-state index contributed by atoms with van der Waals surface area (Å²) < 4.78 is 28.5. The molecule has 3 rings (SSSR count). The Bertz CT molecular complexity index is 823. The van der Waals surface area contributed by atoms with Crippen LogP contribution >= 0.6 is 0 Å². The van der Waals surface area contributed by atoms with Gasteiger partial charge in [0.1, 0.15) is 11.6 Å². The molecule has 0 fully saturated rings. The molecule has 0 radical (unpaired) electrons. The molecule has 24 heavy (non-hydrogen) atoms. The molecule has 0 unspecified atom stereocenters. The molecule has 3 aromatic carbocycles. The molecule has 0 aliphatic carbocycles. The number of hydrogen-bond acceptors (Lipinski definition) is 0. The summed E-state index contributed by atoms with van der Waals surface area (Å²) >= 11 is 0. The van der Waals surface area contributed by atoms with Crippen molar-refractivity contribution in [3.8, 4) is 22.3 Å². The topological polar surface area (TPSA) is 0 Å². The van der Waals surface area contributed by atoms with E-state index >= 15 is 0 Å². The van der Waals surface area contributed by atoms with Crippen LogP contribution in [0.1, 0.15) is 25.3 Å². The van der Waals surface area contributed by atoms with Gasteiger partial charge in [-0.25, -0.2) is 8.78 Å². The lowest BCUT2D eigenvalue weighted by molar-refractivity contribution is 0.623. The lowest BCUT2D eigenvalue weighted by atomic mass is 9.93. The van der Waals surface area contributed by atoms with Crippen molar-refractivity contribution in [1.29, 1.82) is 0 Å². The van der Waals surface area contributed by atoms with Gasteiger partial charge in [0.25, 0.3) is 0 Å². The Labute approximate surface area is 141 Å². The maximum Gasteiger partial charge on any atom is 0.131 e. The van der Waals surface area contributed by atoms with Gasteiger partial charge in [-0.2, -0.15) is 0 Å².